The average Bonchev–Trinajstić information content (AvgIpc) is 2.48. The summed E-state index contributed by atoms with van der Waals surface area (Å²) in [5, 5.41) is 2.90. The number of ether oxygens (including phenoxy) is 1. The second-order valence-corrected chi connectivity index (χ2v) is 4.76. The van der Waals surface area contributed by atoms with Crippen molar-refractivity contribution in [2.24, 2.45) is 0 Å². The molecule has 0 unspecified atom stereocenters. The largest absolute Gasteiger partial charge is 0.495 e. The summed E-state index contributed by atoms with van der Waals surface area (Å²) in [6, 6.07) is 17.5. The number of nitrogens with one attached hydrogen (secondary N) is 1. The molecule has 2 aromatic carbocycles. The Bertz CT molecular complexity index is 566. The number of para-hydroxylation sites is 2. The van der Waals surface area contributed by atoms with E-state index in [4.69, 9.17) is 4.74 Å². The van der Waals surface area contributed by atoms with Crippen molar-refractivity contribution in [3.05, 3.63) is 60.2 Å². The minimum atomic E-state index is -0.00847. The normalized spacial score (nSPS) is 11.7. The molecule has 0 radical (unpaired) electrons. The summed E-state index contributed by atoms with van der Waals surface area (Å²) in [6.45, 7) is 2.05. The lowest BCUT2D eigenvalue weighted by Crippen LogP contribution is -2.14. The van der Waals surface area contributed by atoms with Gasteiger partial charge in [0.1, 0.15) is 5.75 Å². The zero-order valence-corrected chi connectivity index (χ0v) is 11.8. The number of hydrogen-bond acceptors (Lipinski definition) is 2. The SMILES string of the molecule is COc1ccccc1NC(=O)C[C@H](C)c1ccccc1. The van der Waals surface area contributed by atoms with Crippen LogP contribution in [0, 0.1) is 0 Å². The van der Waals surface area contributed by atoms with Crippen LogP contribution in [-0.4, -0.2) is 13.0 Å². The molecule has 2 aromatic rings. The molecule has 0 saturated heterocycles. The van der Waals surface area contributed by atoms with Crippen molar-refractivity contribution in [3.8, 4) is 5.75 Å². The van der Waals surface area contributed by atoms with E-state index in [0.29, 0.717) is 17.9 Å². The lowest BCUT2D eigenvalue weighted by molar-refractivity contribution is -0.116. The van der Waals surface area contributed by atoms with Crippen molar-refractivity contribution >= 4 is 11.6 Å². The van der Waals surface area contributed by atoms with E-state index < -0.39 is 0 Å². The fourth-order valence-corrected chi connectivity index (χ4v) is 2.13. The standard InChI is InChI=1S/C17H19NO2/c1-13(14-8-4-3-5-9-14)12-17(19)18-15-10-6-7-11-16(15)20-2/h3-11,13H,12H2,1-2H3,(H,18,19)/t13-/m0/s1. The van der Waals surface area contributed by atoms with Crippen molar-refractivity contribution in [1.29, 1.82) is 0 Å². The van der Waals surface area contributed by atoms with Crippen LogP contribution in [0.3, 0.4) is 0 Å². The Morgan fingerprint density at radius 1 is 1.10 bits per heavy atom. The minimum Gasteiger partial charge on any atom is -0.495 e. The molecule has 20 heavy (non-hydrogen) atoms. The van der Waals surface area contributed by atoms with Crippen LogP contribution in [0.2, 0.25) is 0 Å². The molecule has 0 saturated carbocycles. The first-order valence-electron chi connectivity index (χ1n) is 6.68. The quantitative estimate of drug-likeness (QED) is 0.896. The van der Waals surface area contributed by atoms with Gasteiger partial charge >= 0.3 is 0 Å². The molecular weight excluding hydrogens is 250 g/mol. The predicted molar refractivity (Wildman–Crippen MR) is 81.1 cm³/mol. The Kier molecular flexibility index (Phi) is 4.77. The van der Waals surface area contributed by atoms with E-state index in [1.807, 2.05) is 54.6 Å². The van der Waals surface area contributed by atoms with E-state index in [1.165, 1.54) is 5.56 Å². The van der Waals surface area contributed by atoms with E-state index in [1.54, 1.807) is 7.11 Å². The first-order valence-corrected chi connectivity index (χ1v) is 6.68. The zero-order valence-electron chi connectivity index (χ0n) is 11.8. The Hall–Kier alpha value is -2.29. The van der Waals surface area contributed by atoms with Gasteiger partial charge in [0.05, 0.1) is 12.8 Å². The van der Waals surface area contributed by atoms with Gasteiger partial charge in [0, 0.05) is 6.42 Å². The number of hydrogen-bond donors (Lipinski definition) is 1. The molecule has 0 spiro atoms. The number of methoxy groups -OCH3 is 1. The highest BCUT2D eigenvalue weighted by molar-refractivity contribution is 5.92. The molecule has 1 N–H and O–H groups in total. The average molecular weight is 269 g/mol. The highest BCUT2D eigenvalue weighted by Crippen LogP contribution is 2.24. The maximum absolute atomic E-state index is 12.1. The molecule has 0 bridgehead atoms. The fraction of sp³-hybridized carbons (Fsp3) is 0.235. The van der Waals surface area contributed by atoms with Gasteiger partial charge in [-0.15, -0.1) is 0 Å². The van der Waals surface area contributed by atoms with Gasteiger partial charge in [0.25, 0.3) is 0 Å². The molecule has 0 fully saturated rings. The highest BCUT2D eigenvalue weighted by atomic mass is 16.5. The zero-order chi connectivity index (χ0) is 14.4. The van der Waals surface area contributed by atoms with E-state index in [-0.39, 0.29) is 11.8 Å². The van der Waals surface area contributed by atoms with Gasteiger partial charge in [-0.1, -0.05) is 49.4 Å². The number of benzene rings is 2. The third-order valence-electron chi connectivity index (χ3n) is 3.24. The molecule has 1 atom stereocenters. The van der Waals surface area contributed by atoms with Gasteiger partial charge < -0.3 is 10.1 Å². The van der Waals surface area contributed by atoms with Gasteiger partial charge in [-0.2, -0.15) is 0 Å². The van der Waals surface area contributed by atoms with Crippen LogP contribution in [0.5, 0.6) is 5.75 Å². The molecule has 0 aromatic heterocycles. The van der Waals surface area contributed by atoms with Crippen molar-refractivity contribution in [3.63, 3.8) is 0 Å². The monoisotopic (exact) mass is 269 g/mol. The van der Waals surface area contributed by atoms with Crippen LogP contribution >= 0.6 is 0 Å². The Labute approximate surface area is 119 Å². The van der Waals surface area contributed by atoms with Crippen LogP contribution in [0.1, 0.15) is 24.8 Å². The Balaban J connectivity index is 1.99. The van der Waals surface area contributed by atoms with E-state index in [0.717, 1.165) is 0 Å². The summed E-state index contributed by atoms with van der Waals surface area (Å²) in [4.78, 5) is 12.1. The number of anilines is 1. The molecule has 1 amide bonds. The first kappa shape index (κ1) is 14.1. The molecule has 104 valence electrons. The summed E-state index contributed by atoms with van der Waals surface area (Å²) >= 11 is 0. The van der Waals surface area contributed by atoms with Gasteiger partial charge in [0.2, 0.25) is 5.91 Å². The summed E-state index contributed by atoms with van der Waals surface area (Å²) in [6.07, 6.45) is 0.446. The van der Waals surface area contributed by atoms with E-state index >= 15 is 0 Å². The number of rotatable bonds is 5. The van der Waals surface area contributed by atoms with E-state index in [2.05, 4.69) is 12.2 Å². The van der Waals surface area contributed by atoms with Gasteiger partial charge in [-0.05, 0) is 23.6 Å². The van der Waals surface area contributed by atoms with Crippen molar-refractivity contribution < 1.29 is 9.53 Å². The number of carbonyl (C=O) groups excluding carboxylic acids is 1. The van der Waals surface area contributed by atoms with Crippen LogP contribution in [0.15, 0.2) is 54.6 Å². The smallest absolute Gasteiger partial charge is 0.225 e. The lowest BCUT2D eigenvalue weighted by atomic mass is 9.97. The highest BCUT2D eigenvalue weighted by Gasteiger charge is 2.12. The number of carbonyl (C=O) groups is 1. The van der Waals surface area contributed by atoms with Crippen molar-refractivity contribution in [2.45, 2.75) is 19.3 Å². The second kappa shape index (κ2) is 6.75. The predicted octanol–water partition coefficient (Wildman–Crippen LogP) is 3.83. The summed E-state index contributed by atoms with van der Waals surface area (Å²) < 4.78 is 5.22. The van der Waals surface area contributed by atoms with E-state index in [9.17, 15) is 4.79 Å². The van der Waals surface area contributed by atoms with Crippen molar-refractivity contribution in [1.82, 2.24) is 0 Å². The summed E-state index contributed by atoms with van der Waals surface area (Å²) in [5.74, 6) is 0.852. The third kappa shape index (κ3) is 3.60. The molecule has 0 aliphatic heterocycles. The molecule has 3 nitrogen and oxygen atoms in total. The van der Waals surface area contributed by atoms with Crippen LogP contribution in [-0.2, 0) is 4.79 Å². The van der Waals surface area contributed by atoms with Gasteiger partial charge in [0.15, 0.2) is 0 Å². The van der Waals surface area contributed by atoms with Gasteiger partial charge in [-0.3, -0.25) is 4.79 Å². The summed E-state index contributed by atoms with van der Waals surface area (Å²) in [7, 11) is 1.59. The third-order valence-corrected chi connectivity index (χ3v) is 3.24. The molecular formula is C17H19NO2. The fourth-order valence-electron chi connectivity index (χ4n) is 2.13. The molecule has 0 aliphatic rings. The van der Waals surface area contributed by atoms with Crippen LogP contribution < -0.4 is 10.1 Å². The maximum atomic E-state index is 12.1. The van der Waals surface area contributed by atoms with Crippen LogP contribution in [0.25, 0.3) is 0 Å². The number of amides is 1. The molecule has 0 heterocycles. The Morgan fingerprint density at radius 3 is 2.45 bits per heavy atom. The summed E-state index contributed by atoms with van der Waals surface area (Å²) in [5.41, 5.74) is 1.88. The Morgan fingerprint density at radius 2 is 1.75 bits per heavy atom. The molecule has 2 rings (SSSR count). The molecule has 0 aliphatic carbocycles. The van der Waals surface area contributed by atoms with Crippen LogP contribution in [0.4, 0.5) is 5.69 Å². The minimum absolute atomic E-state index is 0.00847. The first-order chi connectivity index (χ1) is 9.70. The van der Waals surface area contributed by atoms with Crippen molar-refractivity contribution in [2.75, 3.05) is 12.4 Å². The second-order valence-electron chi connectivity index (χ2n) is 4.76. The van der Waals surface area contributed by atoms with Gasteiger partial charge in [-0.25, -0.2) is 0 Å². The topological polar surface area (TPSA) is 38.3 Å². The lowest BCUT2D eigenvalue weighted by Gasteiger charge is -2.13. The molecule has 3 heteroatoms. The maximum Gasteiger partial charge on any atom is 0.225 e.